The second kappa shape index (κ2) is 4.52. The Kier molecular flexibility index (Phi) is 2.84. The number of aromatic nitrogens is 2. The SMILES string of the molecule is Cc1nc2ccccc2n1-c1cccc(Cl)c1C=O. The van der Waals surface area contributed by atoms with E-state index in [0.29, 0.717) is 10.6 Å². The predicted octanol–water partition coefficient (Wildman–Crippen LogP) is 3.80. The quantitative estimate of drug-likeness (QED) is 0.664. The Hall–Kier alpha value is -2.13. The summed E-state index contributed by atoms with van der Waals surface area (Å²) in [6.07, 6.45) is 0.784. The molecule has 0 bridgehead atoms. The second-order valence-electron chi connectivity index (χ2n) is 4.27. The minimum atomic E-state index is 0.449. The molecule has 0 unspecified atom stereocenters. The minimum Gasteiger partial charge on any atom is -0.298 e. The Balaban J connectivity index is 2.40. The van der Waals surface area contributed by atoms with Gasteiger partial charge in [-0.2, -0.15) is 0 Å². The summed E-state index contributed by atoms with van der Waals surface area (Å²) in [4.78, 5) is 15.8. The normalized spacial score (nSPS) is 10.8. The van der Waals surface area contributed by atoms with Crippen molar-refractivity contribution in [3.05, 3.63) is 58.9 Å². The van der Waals surface area contributed by atoms with Crippen LogP contribution in [0.1, 0.15) is 16.2 Å². The Bertz CT molecular complexity index is 777. The first-order chi connectivity index (χ1) is 9.22. The van der Waals surface area contributed by atoms with Crippen LogP contribution in [0.5, 0.6) is 0 Å². The van der Waals surface area contributed by atoms with Gasteiger partial charge in [0.05, 0.1) is 27.3 Å². The summed E-state index contributed by atoms with van der Waals surface area (Å²) < 4.78 is 1.95. The molecule has 0 aliphatic rings. The van der Waals surface area contributed by atoms with Gasteiger partial charge in [-0.15, -0.1) is 0 Å². The number of carbonyl (C=O) groups excluding carboxylic acids is 1. The molecule has 0 aliphatic carbocycles. The van der Waals surface area contributed by atoms with Crippen molar-refractivity contribution in [1.82, 2.24) is 9.55 Å². The zero-order chi connectivity index (χ0) is 13.4. The van der Waals surface area contributed by atoms with E-state index in [2.05, 4.69) is 4.98 Å². The van der Waals surface area contributed by atoms with Crippen LogP contribution in [0, 0.1) is 6.92 Å². The van der Waals surface area contributed by atoms with Gasteiger partial charge < -0.3 is 0 Å². The van der Waals surface area contributed by atoms with Crippen molar-refractivity contribution in [2.24, 2.45) is 0 Å². The van der Waals surface area contributed by atoms with Gasteiger partial charge in [-0.3, -0.25) is 9.36 Å². The van der Waals surface area contributed by atoms with Crippen molar-refractivity contribution in [3.63, 3.8) is 0 Å². The van der Waals surface area contributed by atoms with Gasteiger partial charge in [0, 0.05) is 0 Å². The fourth-order valence-electron chi connectivity index (χ4n) is 2.29. The number of benzene rings is 2. The minimum absolute atomic E-state index is 0.449. The average molecular weight is 271 g/mol. The van der Waals surface area contributed by atoms with Crippen molar-refractivity contribution in [3.8, 4) is 5.69 Å². The van der Waals surface area contributed by atoms with Crippen LogP contribution in [-0.2, 0) is 0 Å². The molecule has 3 aromatic rings. The number of carbonyl (C=O) groups is 1. The highest BCUT2D eigenvalue weighted by atomic mass is 35.5. The molecule has 1 aromatic heterocycles. The van der Waals surface area contributed by atoms with Crippen molar-refractivity contribution in [2.75, 3.05) is 0 Å². The molecule has 0 saturated carbocycles. The molecule has 0 aliphatic heterocycles. The summed E-state index contributed by atoms with van der Waals surface area (Å²) in [6.45, 7) is 1.91. The van der Waals surface area contributed by atoms with E-state index in [-0.39, 0.29) is 0 Å². The number of hydrogen-bond acceptors (Lipinski definition) is 2. The van der Waals surface area contributed by atoms with E-state index in [0.717, 1.165) is 28.8 Å². The van der Waals surface area contributed by atoms with Crippen molar-refractivity contribution in [1.29, 1.82) is 0 Å². The van der Waals surface area contributed by atoms with E-state index in [9.17, 15) is 4.79 Å². The summed E-state index contributed by atoms with van der Waals surface area (Å²) in [5.41, 5.74) is 3.10. The lowest BCUT2D eigenvalue weighted by atomic mass is 10.2. The number of hydrogen-bond donors (Lipinski definition) is 0. The summed E-state index contributed by atoms with van der Waals surface area (Å²) >= 11 is 6.08. The van der Waals surface area contributed by atoms with E-state index in [1.807, 2.05) is 47.9 Å². The van der Waals surface area contributed by atoms with Crippen molar-refractivity contribution >= 4 is 28.9 Å². The molecule has 3 nitrogen and oxygen atoms in total. The highest BCUT2D eigenvalue weighted by Gasteiger charge is 2.13. The number of rotatable bonds is 2. The molecule has 1 heterocycles. The summed E-state index contributed by atoms with van der Waals surface area (Å²) in [7, 11) is 0. The molecule has 3 rings (SSSR count). The first-order valence-corrected chi connectivity index (χ1v) is 6.28. The van der Waals surface area contributed by atoms with Crippen LogP contribution in [0.25, 0.3) is 16.7 Å². The zero-order valence-corrected chi connectivity index (χ0v) is 11.1. The van der Waals surface area contributed by atoms with Gasteiger partial charge >= 0.3 is 0 Å². The molecule has 0 saturated heterocycles. The number of fused-ring (bicyclic) bond motifs is 1. The lowest BCUT2D eigenvalue weighted by Gasteiger charge is -2.10. The van der Waals surface area contributed by atoms with Gasteiger partial charge in [-0.05, 0) is 31.2 Å². The summed E-state index contributed by atoms with van der Waals surface area (Å²) in [6, 6.07) is 13.2. The maximum atomic E-state index is 11.3. The fraction of sp³-hybridized carbons (Fsp3) is 0.0667. The molecule has 4 heteroatoms. The van der Waals surface area contributed by atoms with Crippen LogP contribution in [0.15, 0.2) is 42.5 Å². The molecule has 0 N–H and O–H groups in total. The zero-order valence-electron chi connectivity index (χ0n) is 10.3. The Morgan fingerprint density at radius 2 is 1.95 bits per heavy atom. The highest BCUT2D eigenvalue weighted by Crippen LogP contribution is 2.26. The molecule has 2 aromatic carbocycles. The monoisotopic (exact) mass is 270 g/mol. The molecule has 0 amide bonds. The lowest BCUT2D eigenvalue weighted by Crippen LogP contribution is -2.01. The molecular formula is C15H11ClN2O. The van der Waals surface area contributed by atoms with Gasteiger partial charge in [0.25, 0.3) is 0 Å². The van der Waals surface area contributed by atoms with E-state index >= 15 is 0 Å². The second-order valence-corrected chi connectivity index (χ2v) is 4.68. The highest BCUT2D eigenvalue weighted by molar-refractivity contribution is 6.33. The maximum Gasteiger partial charge on any atom is 0.153 e. The van der Waals surface area contributed by atoms with Gasteiger partial charge in [0.15, 0.2) is 6.29 Å². The Labute approximate surface area is 115 Å². The third kappa shape index (κ3) is 1.83. The van der Waals surface area contributed by atoms with E-state index in [1.54, 1.807) is 6.07 Å². The standard InChI is InChI=1S/C15H11ClN2O/c1-10-17-13-6-2-3-7-15(13)18(10)14-8-4-5-12(16)11(14)9-19/h2-9H,1H3. The van der Waals surface area contributed by atoms with Crippen LogP contribution in [0.2, 0.25) is 5.02 Å². The van der Waals surface area contributed by atoms with E-state index in [4.69, 9.17) is 11.6 Å². The topological polar surface area (TPSA) is 34.9 Å². The van der Waals surface area contributed by atoms with Crippen LogP contribution in [0.3, 0.4) is 0 Å². The van der Waals surface area contributed by atoms with Crippen molar-refractivity contribution < 1.29 is 4.79 Å². The molecule has 19 heavy (non-hydrogen) atoms. The van der Waals surface area contributed by atoms with E-state index in [1.165, 1.54) is 0 Å². The lowest BCUT2D eigenvalue weighted by molar-refractivity contribution is 0.112. The number of para-hydroxylation sites is 2. The van der Waals surface area contributed by atoms with Gasteiger partial charge in [-0.25, -0.2) is 4.98 Å². The van der Waals surface area contributed by atoms with Crippen LogP contribution in [-0.4, -0.2) is 15.8 Å². The van der Waals surface area contributed by atoms with Crippen LogP contribution < -0.4 is 0 Å². The third-order valence-corrected chi connectivity index (χ3v) is 3.45. The molecule has 0 spiro atoms. The molecular weight excluding hydrogens is 260 g/mol. The number of halogens is 1. The van der Waals surface area contributed by atoms with Gasteiger partial charge in [0.1, 0.15) is 5.82 Å². The largest absolute Gasteiger partial charge is 0.298 e. The van der Waals surface area contributed by atoms with Crippen LogP contribution in [0.4, 0.5) is 0 Å². The fourth-order valence-corrected chi connectivity index (χ4v) is 2.50. The Morgan fingerprint density at radius 1 is 1.16 bits per heavy atom. The van der Waals surface area contributed by atoms with Crippen molar-refractivity contribution in [2.45, 2.75) is 6.92 Å². The van der Waals surface area contributed by atoms with Crippen LogP contribution >= 0.6 is 11.6 Å². The number of nitrogens with zero attached hydrogens (tertiary/aromatic N) is 2. The first-order valence-electron chi connectivity index (χ1n) is 5.90. The average Bonchev–Trinajstić information content (AvgIpc) is 2.74. The number of imidazole rings is 1. The number of aryl methyl sites for hydroxylation is 1. The summed E-state index contributed by atoms with van der Waals surface area (Å²) in [5.74, 6) is 0.826. The molecule has 0 radical (unpaired) electrons. The first kappa shape index (κ1) is 11.9. The molecule has 0 fully saturated rings. The van der Waals surface area contributed by atoms with E-state index < -0.39 is 0 Å². The predicted molar refractivity (Wildman–Crippen MR) is 76.2 cm³/mol. The van der Waals surface area contributed by atoms with Gasteiger partial charge in [0.2, 0.25) is 0 Å². The molecule has 94 valence electrons. The van der Waals surface area contributed by atoms with Gasteiger partial charge in [-0.1, -0.05) is 29.8 Å². The molecule has 0 atom stereocenters. The summed E-state index contributed by atoms with van der Waals surface area (Å²) in [5, 5.41) is 0.449. The Morgan fingerprint density at radius 3 is 2.74 bits per heavy atom. The maximum absolute atomic E-state index is 11.3. The number of aldehydes is 1. The third-order valence-electron chi connectivity index (χ3n) is 3.12. The smallest absolute Gasteiger partial charge is 0.153 e.